The van der Waals surface area contributed by atoms with Gasteiger partial charge in [0.2, 0.25) is 10.0 Å². The molecule has 7 nitrogen and oxygen atoms in total. The number of hydrogen-bond acceptors (Lipinski definition) is 5. The molecule has 0 saturated heterocycles. The molecule has 0 radical (unpaired) electrons. The molecule has 0 bridgehead atoms. The third-order valence-electron chi connectivity index (χ3n) is 4.90. The number of nitrogens with zero attached hydrogens (tertiary/aromatic N) is 1. The first-order valence-electron chi connectivity index (χ1n) is 8.88. The fourth-order valence-corrected chi connectivity index (χ4v) is 4.20. The van der Waals surface area contributed by atoms with E-state index in [2.05, 4.69) is 0 Å². The Morgan fingerprint density at radius 3 is 2.61 bits per heavy atom. The first kappa shape index (κ1) is 20.0. The van der Waals surface area contributed by atoms with Gasteiger partial charge in [0.25, 0.3) is 5.91 Å². The zero-order chi connectivity index (χ0) is 20.5. The molecule has 3 rings (SSSR count). The maximum Gasteiger partial charge on any atom is 0.338 e. The summed E-state index contributed by atoms with van der Waals surface area (Å²) in [5.41, 5.74) is 3.02. The summed E-state index contributed by atoms with van der Waals surface area (Å²) in [6.07, 6.45) is 1.74. The molecule has 2 N–H and O–H groups in total. The summed E-state index contributed by atoms with van der Waals surface area (Å²) in [7, 11) is -3.98. The Balaban J connectivity index is 1.75. The van der Waals surface area contributed by atoms with Crippen molar-refractivity contribution in [2.24, 2.45) is 5.14 Å². The predicted octanol–water partition coefficient (Wildman–Crippen LogP) is 2.09. The van der Waals surface area contributed by atoms with E-state index in [0.29, 0.717) is 17.7 Å². The van der Waals surface area contributed by atoms with Gasteiger partial charge in [-0.15, -0.1) is 0 Å². The van der Waals surface area contributed by atoms with Crippen LogP contribution in [0.15, 0.2) is 41.3 Å². The lowest BCUT2D eigenvalue weighted by Gasteiger charge is -2.29. The van der Waals surface area contributed by atoms with Gasteiger partial charge in [-0.3, -0.25) is 4.79 Å². The number of fused-ring (bicyclic) bond motifs is 1. The van der Waals surface area contributed by atoms with E-state index < -0.39 is 22.6 Å². The Morgan fingerprint density at radius 1 is 1.18 bits per heavy atom. The van der Waals surface area contributed by atoms with Gasteiger partial charge in [0.1, 0.15) is 0 Å². The fraction of sp³-hybridized carbons (Fsp3) is 0.300. The van der Waals surface area contributed by atoms with Crippen LogP contribution in [0.25, 0.3) is 0 Å². The van der Waals surface area contributed by atoms with Crippen molar-refractivity contribution in [3.63, 3.8) is 0 Å². The molecule has 0 spiro atoms. The second-order valence-corrected chi connectivity index (χ2v) is 8.34. The summed E-state index contributed by atoms with van der Waals surface area (Å²) in [4.78, 5) is 26.5. The first-order chi connectivity index (χ1) is 13.2. The third kappa shape index (κ3) is 4.07. The van der Waals surface area contributed by atoms with Crippen molar-refractivity contribution < 1.29 is 22.7 Å². The molecule has 0 aromatic heterocycles. The molecule has 28 heavy (non-hydrogen) atoms. The molecule has 0 fully saturated rings. The van der Waals surface area contributed by atoms with Crippen LogP contribution in [0, 0.1) is 13.8 Å². The highest BCUT2D eigenvalue weighted by Crippen LogP contribution is 2.27. The number of rotatable bonds is 4. The minimum atomic E-state index is -3.98. The normalized spacial score (nSPS) is 13.8. The van der Waals surface area contributed by atoms with Crippen molar-refractivity contribution in [1.29, 1.82) is 0 Å². The van der Waals surface area contributed by atoms with E-state index in [1.807, 2.05) is 24.3 Å². The summed E-state index contributed by atoms with van der Waals surface area (Å²) in [5, 5.41) is 5.22. The largest absolute Gasteiger partial charge is 0.452 e. The quantitative estimate of drug-likeness (QED) is 0.788. The van der Waals surface area contributed by atoms with Crippen LogP contribution < -0.4 is 10.0 Å². The molecule has 0 unspecified atom stereocenters. The number of sulfonamides is 1. The Kier molecular flexibility index (Phi) is 5.53. The summed E-state index contributed by atoms with van der Waals surface area (Å²) in [5.74, 6) is -1.09. The molecule has 0 atom stereocenters. The molecule has 2 aromatic rings. The Morgan fingerprint density at radius 2 is 1.89 bits per heavy atom. The number of aryl methyl sites for hydroxylation is 2. The molecule has 1 aliphatic rings. The number of nitrogens with two attached hydrogens (primary N) is 1. The lowest BCUT2D eigenvalue weighted by molar-refractivity contribution is -0.121. The zero-order valence-electron chi connectivity index (χ0n) is 15.8. The molecule has 0 saturated carbocycles. The topological polar surface area (TPSA) is 107 Å². The van der Waals surface area contributed by atoms with Gasteiger partial charge in [-0.1, -0.05) is 18.2 Å². The van der Waals surface area contributed by atoms with Gasteiger partial charge in [-0.25, -0.2) is 18.4 Å². The number of anilines is 1. The van der Waals surface area contributed by atoms with Crippen LogP contribution >= 0.6 is 0 Å². The van der Waals surface area contributed by atoms with Crippen molar-refractivity contribution in [2.75, 3.05) is 18.1 Å². The molecule has 8 heteroatoms. The minimum Gasteiger partial charge on any atom is -0.452 e. The standard InChI is InChI=1S/C20H22N2O5S/c1-13-10-16(11-18(14(13)2)28(21,25)26)20(24)27-12-19(23)22-9-5-7-15-6-3-4-8-17(15)22/h3-4,6,8,10-11H,5,7,9,12H2,1-2H3,(H2,21,25,26). The Hall–Kier alpha value is -2.71. The van der Waals surface area contributed by atoms with Crippen LogP contribution in [0.4, 0.5) is 5.69 Å². The van der Waals surface area contributed by atoms with Crippen molar-refractivity contribution >= 4 is 27.6 Å². The van der Waals surface area contributed by atoms with Gasteiger partial charge in [0.05, 0.1) is 10.5 Å². The number of benzene rings is 2. The molecule has 1 amide bonds. The average molecular weight is 402 g/mol. The van der Waals surface area contributed by atoms with Crippen LogP contribution in [0.2, 0.25) is 0 Å². The fourth-order valence-electron chi connectivity index (χ4n) is 3.32. The maximum absolute atomic E-state index is 12.6. The molecule has 0 aliphatic carbocycles. The molecule has 148 valence electrons. The van der Waals surface area contributed by atoms with Crippen LogP contribution in [0.1, 0.15) is 33.5 Å². The number of ether oxygens (including phenoxy) is 1. The number of amides is 1. The molecule has 1 heterocycles. The van der Waals surface area contributed by atoms with Crippen molar-refractivity contribution in [3.8, 4) is 0 Å². The highest BCUT2D eigenvalue weighted by atomic mass is 32.2. The van der Waals surface area contributed by atoms with Gasteiger partial charge >= 0.3 is 5.97 Å². The van der Waals surface area contributed by atoms with Gasteiger partial charge in [0.15, 0.2) is 6.61 Å². The van der Waals surface area contributed by atoms with E-state index in [9.17, 15) is 18.0 Å². The van der Waals surface area contributed by atoms with Crippen LogP contribution in [-0.4, -0.2) is 33.4 Å². The van der Waals surface area contributed by atoms with Gasteiger partial charge in [-0.2, -0.15) is 0 Å². The first-order valence-corrected chi connectivity index (χ1v) is 10.4. The van der Waals surface area contributed by atoms with E-state index >= 15 is 0 Å². The lowest BCUT2D eigenvalue weighted by atomic mass is 10.0. The number of carbonyl (C=O) groups excluding carboxylic acids is 2. The molecular weight excluding hydrogens is 380 g/mol. The van der Waals surface area contributed by atoms with Gasteiger partial charge in [-0.05, 0) is 61.6 Å². The molecule has 1 aliphatic heterocycles. The lowest BCUT2D eigenvalue weighted by Crippen LogP contribution is -2.38. The molecular formula is C20H22N2O5S. The van der Waals surface area contributed by atoms with E-state index in [4.69, 9.17) is 9.88 Å². The predicted molar refractivity (Wildman–Crippen MR) is 105 cm³/mol. The summed E-state index contributed by atoms with van der Waals surface area (Å²) in [6, 6.07) is 10.3. The van der Waals surface area contributed by atoms with Crippen molar-refractivity contribution in [1.82, 2.24) is 0 Å². The zero-order valence-corrected chi connectivity index (χ0v) is 16.6. The van der Waals surface area contributed by atoms with E-state index in [1.54, 1.807) is 18.7 Å². The van der Waals surface area contributed by atoms with Gasteiger partial charge < -0.3 is 9.64 Å². The number of esters is 1. The molecule has 2 aromatic carbocycles. The van der Waals surface area contributed by atoms with E-state index in [1.165, 1.54) is 12.1 Å². The Labute approximate surface area is 164 Å². The Bertz CT molecular complexity index is 1050. The highest BCUT2D eigenvalue weighted by Gasteiger charge is 2.24. The number of para-hydroxylation sites is 1. The van der Waals surface area contributed by atoms with E-state index in [-0.39, 0.29) is 16.4 Å². The van der Waals surface area contributed by atoms with Gasteiger partial charge in [0, 0.05) is 12.2 Å². The second kappa shape index (κ2) is 7.73. The van der Waals surface area contributed by atoms with Crippen molar-refractivity contribution in [2.45, 2.75) is 31.6 Å². The van der Waals surface area contributed by atoms with Crippen LogP contribution in [-0.2, 0) is 26.0 Å². The van der Waals surface area contributed by atoms with E-state index in [0.717, 1.165) is 24.1 Å². The smallest absolute Gasteiger partial charge is 0.338 e. The maximum atomic E-state index is 12.6. The average Bonchev–Trinajstić information content (AvgIpc) is 2.66. The summed E-state index contributed by atoms with van der Waals surface area (Å²) < 4.78 is 28.6. The summed E-state index contributed by atoms with van der Waals surface area (Å²) in [6.45, 7) is 3.43. The van der Waals surface area contributed by atoms with Crippen molar-refractivity contribution in [3.05, 3.63) is 58.7 Å². The minimum absolute atomic E-state index is 0.0407. The second-order valence-electron chi connectivity index (χ2n) is 6.82. The third-order valence-corrected chi connectivity index (χ3v) is 5.94. The summed E-state index contributed by atoms with van der Waals surface area (Å²) >= 11 is 0. The monoisotopic (exact) mass is 402 g/mol. The van der Waals surface area contributed by atoms with Crippen LogP contribution in [0.3, 0.4) is 0 Å². The SMILES string of the molecule is Cc1cc(C(=O)OCC(=O)N2CCCc3ccccc32)cc(S(N)(=O)=O)c1C. The number of carbonyl (C=O) groups is 2. The number of primary sulfonamides is 1. The highest BCUT2D eigenvalue weighted by molar-refractivity contribution is 7.89. The number of hydrogen-bond donors (Lipinski definition) is 1. The van der Waals surface area contributed by atoms with Crippen LogP contribution in [0.5, 0.6) is 0 Å².